The van der Waals surface area contributed by atoms with E-state index in [0.717, 1.165) is 31.2 Å². The van der Waals surface area contributed by atoms with Crippen molar-refractivity contribution in [2.45, 2.75) is 57.7 Å². The molecule has 2 fully saturated rings. The number of anilines is 1. The summed E-state index contributed by atoms with van der Waals surface area (Å²) >= 11 is 0. The second kappa shape index (κ2) is 9.32. The van der Waals surface area contributed by atoms with Crippen molar-refractivity contribution >= 4 is 27.5 Å². The van der Waals surface area contributed by atoms with Gasteiger partial charge in [-0.3, -0.25) is 14.3 Å². The van der Waals surface area contributed by atoms with E-state index < -0.39 is 10.0 Å². The molecule has 0 radical (unpaired) electrons. The van der Waals surface area contributed by atoms with Crippen LogP contribution in [0.2, 0.25) is 0 Å². The van der Waals surface area contributed by atoms with E-state index in [1.807, 2.05) is 17.0 Å². The lowest BCUT2D eigenvalue weighted by atomic mass is 10.1. The minimum atomic E-state index is -3.42. The maximum atomic E-state index is 13.3. The maximum Gasteiger partial charge on any atom is 0.254 e. The van der Waals surface area contributed by atoms with Crippen LogP contribution in [-0.2, 0) is 16.6 Å². The largest absolute Gasteiger partial charge is 0.349 e. The molecule has 0 aromatic heterocycles. The third kappa shape index (κ3) is 5.88. The Morgan fingerprint density at radius 3 is 2.34 bits per heavy atom. The first-order valence-corrected chi connectivity index (χ1v) is 12.8. The lowest BCUT2D eigenvalue weighted by molar-refractivity contribution is 0.0729. The molecular weight excluding hydrogens is 426 g/mol. The summed E-state index contributed by atoms with van der Waals surface area (Å²) in [6.07, 6.45) is 4.52. The lowest BCUT2D eigenvalue weighted by Crippen LogP contribution is -2.32. The first kappa shape index (κ1) is 22.3. The normalized spacial score (nSPS) is 15.8. The van der Waals surface area contributed by atoms with Gasteiger partial charge in [0.15, 0.2) is 0 Å². The van der Waals surface area contributed by atoms with Crippen molar-refractivity contribution in [2.24, 2.45) is 0 Å². The number of hydrogen-bond donors (Lipinski definition) is 2. The summed E-state index contributed by atoms with van der Waals surface area (Å²) in [5, 5.41) is 2.98. The highest BCUT2D eigenvalue weighted by atomic mass is 32.2. The Balaban J connectivity index is 1.45. The minimum absolute atomic E-state index is 0.0358. The highest BCUT2D eigenvalue weighted by Crippen LogP contribution is 2.30. The van der Waals surface area contributed by atoms with Gasteiger partial charge < -0.3 is 10.2 Å². The van der Waals surface area contributed by atoms with Crippen molar-refractivity contribution in [3.8, 4) is 0 Å². The second-order valence-corrected chi connectivity index (χ2v) is 10.5. The molecule has 2 N–H and O–H groups in total. The number of nitrogens with one attached hydrogen (secondary N) is 2. The van der Waals surface area contributed by atoms with Crippen molar-refractivity contribution in [2.75, 3.05) is 10.5 Å². The predicted molar refractivity (Wildman–Crippen MR) is 124 cm³/mol. The van der Waals surface area contributed by atoms with Crippen LogP contribution in [0.1, 0.15) is 65.3 Å². The van der Waals surface area contributed by atoms with E-state index in [2.05, 4.69) is 10.0 Å². The smallest absolute Gasteiger partial charge is 0.254 e. The molecule has 0 heterocycles. The number of hydrogen-bond acceptors (Lipinski definition) is 4. The van der Waals surface area contributed by atoms with Gasteiger partial charge in [-0.05, 0) is 68.0 Å². The fourth-order valence-corrected chi connectivity index (χ4v) is 4.71. The Morgan fingerprint density at radius 1 is 1.00 bits per heavy atom. The van der Waals surface area contributed by atoms with Crippen LogP contribution >= 0.6 is 0 Å². The molecule has 2 aromatic carbocycles. The number of benzene rings is 2. The van der Waals surface area contributed by atoms with Gasteiger partial charge in [-0.2, -0.15) is 0 Å². The number of carbonyl (C=O) groups excluding carboxylic acids is 2. The van der Waals surface area contributed by atoms with E-state index in [1.165, 1.54) is 0 Å². The van der Waals surface area contributed by atoms with Crippen molar-refractivity contribution in [1.82, 2.24) is 10.2 Å². The van der Waals surface area contributed by atoms with Crippen LogP contribution in [0.4, 0.5) is 5.69 Å². The molecule has 8 heteroatoms. The van der Waals surface area contributed by atoms with E-state index >= 15 is 0 Å². The number of sulfonamides is 1. The Kier molecular flexibility index (Phi) is 6.50. The molecule has 32 heavy (non-hydrogen) atoms. The average molecular weight is 456 g/mol. The van der Waals surface area contributed by atoms with Gasteiger partial charge in [0.1, 0.15) is 0 Å². The summed E-state index contributed by atoms with van der Waals surface area (Å²) in [4.78, 5) is 27.3. The van der Waals surface area contributed by atoms with Gasteiger partial charge >= 0.3 is 0 Å². The van der Waals surface area contributed by atoms with Gasteiger partial charge in [-0.15, -0.1) is 0 Å². The average Bonchev–Trinajstić information content (AvgIpc) is 3.67. The van der Waals surface area contributed by atoms with Gasteiger partial charge in [-0.1, -0.05) is 25.1 Å². The molecular formula is C24H29N3O4S. The van der Waals surface area contributed by atoms with Crippen LogP contribution in [-0.4, -0.2) is 43.0 Å². The SMILES string of the molecule is CCCS(=O)(=O)Nc1cccc(C(=O)N(Cc2ccc(C(=O)NC3CC3)cc2)C2CC2)c1. The summed E-state index contributed by atoms with van der Waals surface area (Å²) in [5.41, 5.74) is 2.42. The van der Waals surface area contributed by atoms with E-state index in [1.54, 1.807) is 43.3 Å². The first-order chi connectivity index (χ1) is 15.3. The Hall–Kier alpha value is -2.87. The Morgan fingerprint density at radius 2 is 1.72 bits per heavy atom. The number of amides is 2. The van der Waals surface area contributed by atoms with E-state index in [-0.39, 0.29) is 23.6 Å². The van der Waals surface area contributed by atoms with Crippen LogP contribution in [0.15, 0.2) is 48.5 Å². The molecule has 0 saturated heterocycles. The van der Waals surface area contributed by atoms with Crippen molar-refractivity contribution in [3.63, 3.8) is 0 Å². The number of nitrogens with zero attached hydrogens (tertiary/aromatic N) is 1. The van der Waals surface area contributed by atoms with Crippen LogP contribution in [0.3, 0.4) is 0 Å². The second-order valence-electron chi connectivity index (χ2n) is 8.61. The summed E-state index contributed by atoms with van der Waals surface area (Å²) < 4.78 is 26.7. The molecule has 2 aromatic rings. The van der Waals surface area contributed by atoms with Gasteiger partial charge in [0.25, 0.3) is 11.8 Å². The van der Waals surface area contributed by atoms with E-state index in [4.69, 9.17) is 0 Å². The zero-order valence-electron chi connectivity index (χ0n) is 18.2. The molecule has 0 aliphatic heterocycles. The fraction of sp³-hybridized carbons (Fsp3) is 0.417. The zero-order valence-corrected chi connectivity index (χ0v) is 19.0. The predicted octanol–water partition coefficient (Wildman–Crippen LogP) is 3.54. The van der Waals surface area contributed by atoms with Gasteiger partial charge in [0.05, 0.1) is 5.75 Å². The maximum absolute atomic E-state index is 13.3. The summed E-state index contributed by atoms with van der Waals surface area (Å²) in [6.45, 7) is 2.25. The van der Waals surface area contributed by atoms with E-state index in [9.17, 15) is 18.0 Å². The molecule has 2 aliphatic rings. The van der Waals surface area contributed by atoms with Gasteiger partial charge in [0.2, 0.25) is 10.0 Å². The minimum Gasteiger partial charge on any atom is -0.349 e. The standard InChI is InChI=1S/C24H29N3O4S/c1-2-14-32(30,31)26-21-5-3-4-19(15-21)24(29)27(22-12-13-22)16-17-6-8-18(9-7-17)23(28)25-20-10-11-20/h3-9,15,20,22,26H,2,10-14,16H2,1H3,(H,25,28). The molecule has 2 amide bonds. The molecule has 0 bridgehead atoms. The molecule has 170 valence electrons. The zero-order chi connectivity index (χ0) is 22.7. The van der Waals surface area contributed by atoms with Crippen molar-refractivity contribution < 1.29 is 18.0 Å². The molecule has 4 rings (SSSR count). The number of rotatable bonds is 10. The summed E-state index contributed by atoms with van der Waals surface area (Å²) in [5.74, 6) is -0.148. The third-order valence-corrected chi connectivity index (χ3v) is 7.08. The summed E-state index contributed by atoms with van der Waals surface area (Å²) in [7, 11) is -3.42. The van der Waals surface area contributed by atoms with Crippen LogP contribution in [0, 0.1) is 0 Å². The van der Waals surface area contributed by atoms with Crippen molar-refractivity contribution in [3.05, 3.63) is 65.2 Å². The molecule has 0 spiro atoms. The monoisotopic (exact) mass is 455 g/mol. The Labute approximate surface area is 189 Å². The topological polar surface area (TPSA) is 95.6 Å². The van der Waals surface area contributed by atoms with Gasteiger partial charge in [-0.25, -0.2) is 8.42 Å². The molecule has 0 atom stereocenters. The number of carbonyl (C=O) groups is 2. The van der Waals surface area contributed by atoms with E-state index in [0.29, 0.717) is 35.8 Å². The van der Waals surface area contributed by atoms with Crippen LogP contribution in [0.25, 0.3) is 0 Å². The molecule has 2 saturated carbocycles. The Bertz CT molecular complexity index is 1090. The molecule has 2 aliphatic carbocycles. The van der Waals surface area contributed by atoms with Gasteiger partial charge in [0, 0.05) is 35.4 Å². The third-order valence-electron chi connectivity index (χ3n) is 5.59. The highest BCUT2D eigenvalue weighted by Gasteiger charge is 2.33. The fourth-order valence-electron chi connectivity index (χ4n) is 3.59. The summed E-state index contributed by atoms with van der Waals surface area (Å²) in [6, 6.07) is 14.5. The quantitative estimate of drug-likeness (QED) is 0.573. The lowest BCUT2D eigenvalue weighted by Gasteiger charge is -2.23. The highest BCUT2D eigenvalue weighted by molar-refractivity contribution is 7.92. The molecule has 7 nitrogen and oxygen atoms in total. The molecule has 0 unspecified atom stereocenters. The van der Waals surface area contributed by atoms with Crippen LogP contribution < -0.4 is 10.0 Å². The van der Waals surface area contributed by atoms with Crippen LogP contribution in [0.5, 0.6) is 0 Å². The van der Waals surface area contributed by atoms with Crippen molar-refractivity contribution in [1.29, 1.82) is 0 Å². The first-order valence-electron chi connectivity index (χ1n) is 11.2.